The molecule has 9 atom stereocenters. The minimum atomic E-state index is -1.45. The Balaban J connectivity index is 1.03. The smallest absolute Gasteiger partial charge is 0.410 e. The number of aliphatic hydroxyl groups is 2. The number of pyridine rings is 1. The lowest BCUT2D eigenvalue weighted by atomic mass is 9.84. The van der Waals surface area contributed by atoms with Crippen LogP contribution in [-0.2, 0) is 44.8 Å². The molecule has 408 valence electrons. The second-order valence-corrected chi connectivity index (χ2v) is 22.1. The Morgan fingerprint density at radius 1 is 0.959 bits per heavy atom. The van der Waals surface area contributed by atoms with Gasteiger partial charge in [0.2, 0.25) is 35.4 Å². The monoisotopic (exact) mass is 1140 g/mol. The quantitative estimate of drug-likeness (QED) is 0.0284. The van der Waals surface area contributed by atoms with E-state index >= 15 is 0 Å². The number of alkyl halides is 1. The van der Waals surface area contributed by atoms with Gasteiger partial charge < -0.3 is 56.2 Å². The van der Waals surface area contributed by atoms with E-state index < -0.39 is 84.8 Å². The number of aliphatic hydroxyl groups excluding tert-OH is 2. The van der Waals surface area contributed by atoms with E-state index in [0.717, 1.165) is 62.1 Å². The summed E-state index contributed by atoms with van der Waals surface area (Å²) < 4.78 is 11.1. The first-order chi connectivity index (χ1) is 35.1. The van der Waals surface area contributed by atoms with E-state index in [-0.39, 0.29) is 53.1 Å². The second-order valence-electron chi connectivity index (χ2n) is 19.9. The number of H-pyrrole nitrogens is 1. The molecule has 5 rings (SSSR count). The van der Waals surface area contributed by atoms with Crippen LogP contribution in [-0.4, -0.2) is 143 Å². The number of hydrogen-bond acceptors (Lipinski definition) is 14. The fourth-order valence-corrected chi connectivity index (χ4v) is 11.0. The number of aromatic nitrogens is 3. The number of rotatable bonds is 26. The number of imide groups is 1. The average Bonchev–Trinajstić information content (AvgIpc) is 3.93. The zero-order valence-electron chi connectivity index (χ0n) is 44.2. The molecule has 3 unspecified atom stereocenters. The third kappa shape index (κ3) is 15.3. The molecular formula is C52H77IN10O11. The van der Waals surface area contributed by atoms with Crippen molar-refractivity contribution in [1.82, 2.24) is 40.7 Å². The van der Waals surface area contributed by atoms with Gasteiger partial charge in [-0.15, -0.1) is 0 Å². The summed E-state index contributed by atoms with van der Waals surface area (Å²) in [4.78, 5) is 107. The Kier molecular flexibility index (Phi) is 22.0. The van der Waals surface area contributed by atoms with Crippen LogP contribution in [0, 0.1) is 11.8 Å². The first-order valence-electron chi connectivity index (χ1n) is 26.0. The maximum atomic E-state index is 13.4. The normalized spacial score (nSPS) is 21.2. The van der Waals surface area contributed by atoms with E-state index in [0.29, 0.717) is 28.1 Å². The van der Waals surface area contributed by atoms with Gasteiger partial charge in [-0.25, -0.2) is 14.8 Å². The van der Waals surface area contributed by atoms with Gasteiger partial charge in [-0.1, -0.05) is 102 Å². The van der Waals surface area contributed by atoms with E-state index in [1.807, 2.05) is 0 Å². The Bertz CT molecular complexity index is 2410. The van der Waals surface area contributed by atoms with E-state index in [1.165, 1.54) is 18.9 Å². The van der Waals surface area contributed by atoms with Crippen LogP contribution in [0.5, 0.6) is 0 Å². The third-order valence-corrected chi connectivity index (χ3v) is 15.6. The second kappa shape index (κ2) is 27.4. The summed E-state index contributed by atoms with van der Waals surface area (Å²) in [6, 6.07) is 5.15. The molecule has 74 heavy (non-hydrogen) atoms. The molecule has 3 aromatic rings. The molecule has 8 N–H and O–H groups in total. The molecule has 0 saturated carbocycles. The van der Waals surface area contributed by atoms with Gasteiger partial charge in [-0.2, -0.15) is 0 Å². The van der Waals surface area contributed by atoms with Crippen molar-refractivity contribution >= 4 is 86.7 Å². The van der Waals surface area contributed by atoms with Gasteiger partial charge in [0.25, 0.3) is 0 Å². The number of carbonyl (C=O) groups is 7. The van der Waals surface area contributed by atoms with Gasteiger partial charge in [0, 0.05) is 47.7 Å². The minimum absolute atomic E-state index is 0.0889. The summed E-state index contributed by atoms with van der Waals surface area (Å²) in [6.07, 6.45) is 3.52. The van der Waals surface area contributed by atoms with Crippen LogP contribution >= 0.6 is 22.6 Å². The van der Waals surface area contributed by atoms with Crippen molar-refractivity contribution in [2.24, 2.45) is 11.8 Å². The minimum Gasteiger partial charge on any atom is -0.445 e. The maximum Gasteiger partial charge on any atom is 0.410 e. The molecule has 4 heterocycles. The largest absolute Gasteiger partial charge is 0.445 e. The Morgan fingerprint density at radius 2 is 1.65 bits per heavy atom. The number of fused-ring (bicyclic) bond motifs is 1. The molecule has 0 bridgehead atoms. The number of amides is 7. The van der Waals surface area contributed by atoms with Crippen molar-refractivity contribution in [3.8, 4) is 0 Å². The molecule has 2 fully saturated rings. The lowest BCUT2D eigenvalue weighted by Crippen LogP contribution is -2.64. The van der Waals surface area contributed by atoms with Gasteiger partial charge >= 0.3 is 6.09 Å². The summed E-state index contributed by atoms with van der Waals surface area (Å²) in [5.41, 5.74) is 2.71. The average molecular weight is 1150 g/mol. The van der Waals surface area contributed by atoms with Crippen molar-refractivity contribution in [3.63, 3.8) is 0 Å². The number of nitrogens with one attached hydrogen (secondary N) is 6. The number of aromatic amines is 1. The number of anilines is 2. The van der Waals surface area contributed by atoms with Crippen molar-refractivity contribution in [1.29, 1.82) is 0 Å². The summed E-state index contributed by atoms with van der Waals surface area (Å²) >= 11 is 2.33. The number of nitrogens with zero attached hydrogens (tertiary/aromatic N) is 4. The van der Waals surface area contributed by atoms with Crippen LogP contribution in [0.25, 0.3) is 11.2 Å². The molecule has 21 nitrogen and oxygen atoms in total. The van der Waals surface area contributed by atoms with Gasteiger partial charge in [0.15, 0.2) is 11.9 Å². The highest BCUT2D eigenvalue weighted by Crippen LogP contribution is 2.43. The van der Waals surface area contributed by atoms with E-state index in [9.17, 15) is 43.8 Å². The molecule has 1 aromatic carbocycles. The fourth-order valence-electron chi connectivity index (χ4n) is 9.46. The van der Waals surface area contributed by atoms with Gasteiger partial charge in [-0.3, -0.25) is 33.7 Å². The van der Waals surface area contributed by atoms with Crippen LogP contribution in [0.2, 0.25) is 0 Å². The number of hydrogen-bond donors (Lipinski definition) is 8. The topological polar surface area (TPSA) is 287 Å². The number of halogens is 1. The first-order valence-corrected chi connectivity index (χ1v) is 27.0. The molecule has 2 aromatic heterocycles. The highest BCUT2D eigenvalue weighted by molar-refractivity contribution is 14.1. The van der Waals surface area contributed by atoms with Crippen molar-refractivity contribution in [2.45, 2.75) is 178 Å². The molecule has 0 spiro atoms. The summed E-state index contributed by atoms with van der Waals surface area (Å²) in [5, 5.41) is 36.2. The third-order valence-electron chi connectivity index (χ3n) is 13.8. The Labute approximate surface area is 447 Å². The van der Waals surface area contributed by atoms with Gasteiger partial charge in [-0.05, 0) is 69.2 Å². The highest BCUT2D eigenvalue weighted by Gasteiger charge is 2.49. The molecular weight excluding hydrogens is 1070 g/mol. The standard InChI is InChI=1S/C52H77IN10O11/c1-10-14-15-33(13-4)45-60-42-36(20-24-54-46(42)61-45)57-49-44(68)43(67)41(31(8)74-49)59-38(65)27-62(9)51(72)73-28-32-16-18-34(19-17-32)56-47(69)30(7)55-48(70)40(29(5)6)58-37(64)21-25-63-39(66)26-35(50(63)71)52(53,22-11-2)23-12-3/h16-20,24,29-31,33,35,40-41,43-44,49,67-68H,10-15,21-23,25-28H2,1-9H3,(H,55,70)(H,56,69)(H,58,64)(H,59,65)(H2,54,57,60,61)/t30-,31-,33?,35?,40?,41-,43+,44+,49-/m0/s1. The van der Waals surface area contributed by atoms with Crippen LogP contribution in [0.1, 0.15) is 137 Å². The summed E-state index contributed by atoms with van der Waals surface area (Å²) in [6.45, 7) is 14.3. The van der Waals surface area contributed by atoms with Crippen molar-refractivity contribution in [3.05, 3.63) is 47.9 Å². The van der Waals surface area contributed by atoms with Crippen molar-refractivity contribution in [2.75, 3.05) is 30.8 Å². The molecule has 2 saturated heterocycles. The summed E-state index contributed by atoms with van der Waals surface area (Å²) in [7, 11) is 1.37. The molecule has 0 aliphatic carbocycles. The predicted molar refractivity (Wildman–Crippen MR) is 287 cm³/mol. The fraction of sp³-hybridized carbons (Fsp3) is 0.635. The molecule has 7 amide bonds. The lowest BCUT2D eigenvalue weighted by molar-refractivity contribution is -0.172. The van der Waals surface area contributed by atoms with E-state index in [1.54, 1.807) is 57.3 Å². The zero-order chi connectivity index (χ0) is 54.4. The number of carbonyl (C=O) groups excluding carboxylic acids is 7. The maximum absolute atomic E-state index is 13.4. The molecule has 0 radical (unpaired) electrons. The van der Waals surface area contributed by atoms with E-state index in [2.05, 4.69) is 86.8 Å². The lowest BCUT2D eigenvalue weighted by Gasteiger charge is -2.42. The van der Waals surface area contributed by atoms with Crippen LogP contribution in [0.4, 0.5) is 16.2 Å². The number of likely N-dealkylation sites (N-methyl/N-ethyl adjacent to an activating group) is 1. The van der Waals surface area contributed by atoms with Crippen molar-refractivity contribution < 1.29 is 53.2 Å². The number of benzene rings is 1. The number of imidazole rings is 1. The van der Waals surface area contributed by atoms with Crippen LogP contribution in [0.3, 0.4) is 0 Å². The Morgan fingerprint density at radius 3 is 2.28 bits per heavy atom. The molecule has 2 aliphatic rings. The van der Waals surface area contributed by atoms with Gasteiger partial charge in [0.1, 0.15) is 48.8 Å². The SMILES string of the molecule is CCCCC(CC)c1nc2nccc(N[C@H]3O[C@@H](C)[C@H](NC(=O)CN(C)C(=O)OCc4ccc(NC(=O)[C@H](C)NC(=O)C(NC(=O)CCN5C(=O)CC(C(I)(CCC)CCC)C5=O)C(C)C)cc4)[C@@H](O)[C@H]3O)c2[nH]1. The predicted octanol–water partition coefficient (Wildman–Crippen LogP) is 5.40. The van der Waals surface area contributed by atoms with Crippen LogP contribution in [0.15, 0.2) is 36.5 Å². The molecule has 2 aliphatic heterocycles. The van der Waals surface area contributed by atoms with Crippen LogP contribution < -0.4 is 26.6 Å². The number of unbranched alkanes of at least 4 members (excludes halogenated alkanes) is 1. The van der Waals surface area contributed by atoms with E-state index in [4.69, 9.17) is 14.5 Å². The Hall–Kier alpha value is -5.46. The zero-order valence-corrected chi connectivity index (χ0v) is 46.3. The first kappa shape index (κ1) is 59.4. The number of likely N-dealkylation sites (tertiary alicyclic amines) is 1. The number of ether oxygens (including phenoxy) is 2. The highest BCUT2D eigenvalue weighted by atomic mass is 127. The summed E-state index contributed by atoms with van der Waals surface area (Å²) in [5.74, 6) is -2.52. The van der Waals surface area contributed by atoms with Gasteiger partial charge in [0.05, 0.1) is 23.8 Å². The molecule has 22 heteroatoms.